The highest BCUT2D eigenvalue weighted by atomic mass is 28.4. The molecule has 0 radical (unpaired) electrons. The van der Waals surface area contributed by atoms with E-state index in [1.165, 1.54) is 0 Å². The van der Waals surface area contributed by atoms with Crippen molar-refractivity contribution in [2.45, 2.75) is 180 Å². The molecule has 0 aromatic rings. The molecule has 33 nitrogen and oxygen atoms in total. The molecular formula is C80H126N4O29Si2. The predicted octanol–water partition coefficient (Wildman–Crippen LogP) is 9.66. The van der Waals surface area contributed by atoms with Crippen molar-refractivity contribution in [3.8, 4) is 0 Å². The van der Waals surface area contributed by atoms with Crippen molar-refractivity contribution >= 4 is 88.8 Å². The van der Waals surface area contributed by atoms with Gasteiger partial charge < -0.3 is 101 Å². The maximum atomic E-state index is 13.8. The minimum atomic E-state index is -2.16. The Balaban J connectivity index is 1.93. The molecule has 2 aliphatic carbocycles. The van der Waals surface area contributed by atoms with E-state index < -0.39 is 197 Å². The predicted molar refractivity (Wildman–Crippen MR) is 426 cm³/mol. The van der Waals surface area contributed by atoms with Crippen molar-refractivity contribution in [1.82, 2.24) is 21.3 Å². The smallest absolute Gasteiger partial charge is 0.407 e. The van der Waals surface area contributed by atoms with Crippen LogP contribution in [0.15, 0.2) is 101 Å². The zero-order valence-electron chi connectivity index (χ0n) is 69.4. The second kappa shape index (κ2) is 50.5. The largest absolute Gasteiger partial charge is 0.462 e. The van der Waals surface area contributed by atoms with E-state index >= 15 is 0 Å². The first kappa shape index (κ1) is 102. The summed E-state index contributed by atoms with van der Waals surface area (Å²) in [6.07, 6.45) is 7.24. The molecule has 0 heterocycles. The number of amides is 4. The quantitative estimate of drug-likeness (QED) is 0.0145. The van der Waals surface area contributed by atoms with Gasteiger partial charge in [-0.15, -0.1) is 0 Å². The molecule has 0 saturated heterocycles. The lowest BCUT2D eigenvalue weighted by atomic mass is 9.67. The summed E-state index contributed by atoms with van der Waals surface area (Å²) < 4.78 is 96.0. The lowest BCUT2D eigenvalue weighted by Crippen LogP contribution is -2.58. The van der Waals surface area contributed by atoms with Crippen LogP contribution in [0.5, 0.6) is 0 Å². The van der Waals surface area contributed by atoms with Gasteiger partial charge in [-0.2, -0.15) is 0 Å². The molecule has 115 heavy (non-hydrogen) atoms. The SMILES string of the molecule is C=CC(=O)OCC(COCC(COC(=O)C=C)(COC(=O)C=C)COC(=O)NC1CC(C)(C)CC(C)(NC(=O)OC(C)COCCC[Si](C)(C)O[Si](C)(C)CCCOCC(C)OC(=O)NC2CC(C)(C)CC(C)(NC(=O)OCC(COCC(COC(=O)C=C)COC(=O)C=C)(COC(=O)C=C)COC(=O)C=C)C2)C1)COC(=O)C=C. The fourth-order valence-electron chi connectivity index (χ4n) is 13.6. The van der Waals surface area contributed by atoms with Gasteiger partial charge in [-0.25, -0.2) is 57.5 Å². The van der Waals surface area contributed by atoms with E-state index in [0.717, 1.165) is 73.5 Å². The fraction of sp³-hybridized carbons (Fsp3) is 0.650. The van der Waals surface area contributed by atoms with Crippen LogP contribution >= 0.6 is 0 Å². The van der Waals surface area contributed by atoms with Crippen molar-refractivity contribution in [2.75, 3.05) is 119 Å². The summed E-state index contributed by atoms with van der Waals surface area (Å²) in [4.78, 5) is 151. The number of ether oxygens (including phenoxy) is 16. The Morgan fingerprint density at radius 3 is 0.983 bits per heavy atom. The number of alkyl carbamates (subject to hydrolysis) is 4. The highest BCUT2D eigenvalue weighted by Gasteiger charge is 2.47. The molecule has 6 atom stereocenters. The molecule has 2 saturated carbocycles. The van der Waals surface area contributed by atoms with Crippen molar-refractivity contribution in [1.29, 1.82) is 0 Å². The van der Waals surface area contributed by atoms with E-state index in [4.69, 9.17) is 79.9 Å². The van der Waals surface area contributed by atoms with Crippen LogP contribution in [0.2, 0.25) is 38.3 Å². The summed E-state index contributed by atoms with van der Waals surface area (Å²) in [7, 11) is -4.32. The molecule has 2 aliphatic rings. The summed E-state index contributed by atoms with van der Waals surface area (Å²) >= 11 is 0. The van der Waals surface area contributed by atoms with Gasteiger partial charge in [0.2, 0.25) is 0 Å². The maximum Gasteiger partial charge on any atom is 0.407 e. The van der Waals surface area contributed by atoms with Crippen LogP contribution in [0.4, 0.5) is 19.2 Å². The lowest BCUT2D eigenvalue weighted by molar-refractivity contribution is -0.158. The van der Waals surface area contributed by atoms with E-state index in [9.17, 15) is 57.5 Å². The van der Waals surface area contributed by atoms with E-state index in [1.807, 2.05) is 41.5 Å². The summed E-state index contributed by atoms with van der Waals surface area (Å²) in [6, 6.07) is 0.682. The highest BCUT2D eigenvalue weighted by molar-refractivity contribution is 6.84. The maximum absolute atomic E-state index is 13.8. The molecule has 0 aromatic carbocycles. The van der Waals surface area contributed by atoms with Gasteiger partial charge in [0.15, 0.2) is 16.6 Å². The molecule has 2 rings (SSSR count). The van der Waals surface area contributed by atoms with Gasteiger partial charge in [0.05, 0.1) is 88.7 Å². The minimum Gasteiger partial charge on any atom is -0.462 e. The third-order valence-electron chi connectivity index (χ3n) is 18.0. The van der Waals surface area contributed by atoms with Crippen molar-refractivity contribution in [2.24, 2.45) is 33.5 Å². The molecule has 4 N–H and O–H groups in total. The Bertz CT molecular complexity index is 3210. The molecule has 4 amide bonds. The van der Waals surface area contributed by atoms with Crippen LogP contribution in [-0.4, -0.2) is 243 Å². The number of hydrogen-bond acceptors (Lipinski definition) is 29. The number of esters is 8. The third-order valence-corrected chi connectivity index (χ3v) is 25.5. The number of rotatable bonds is 56. The molecule has 0 aliphatic heterocycles. The molecule has 2 fully saturated rings. The zero-order valence-corrected chi connectivity index (χ0v) is 71.4. The van der Waals surface area contributed by atoms with Crippen LogP contribution in [0.3, 0.4) is 0 Å². The van der Waals surface area contributed by atoms with E-state index in [1.54, 1.807) is 13.8 Å². The second-order valence-corrected chi connectivity index (χ2v) is 41.3. The Hall–Kier alpha value is -9.01. The monoisotopic (exact) mass is 1660 g/mol. The summed E-state index contributed by atoms with van der Waals surface area (Å²) in [5, 5.41) is 11.8. The normalized spacial score (nSPS) is 18.2. The van der Waals surface area contributed by atoms with Crippen LogP contribution in [0.1, 0.15) is 107 Å². The van der Waals surface area contributed by atoms with Gasteiger partial charge >= 0.3 is 72.1 Å². The number of carbonyl (C=O) groups excluding carboxylic acids is 12. The summed E-state index contributed by atoms with van der Waals surface area (Å²) in [5.74, 6) is -7.73. The van der Waals surface area contributed by atoms with Crippen LogP contribution in [0.25, 0.3) is 0 Å². The third kappa shape index (κ3) is 44.1. The first-order valence-electron chi connectivity index (χ1n) is 38.0. The standard InChI is InChI=1S/C80H126N4O29Si2/c1-21-63(85)101-43-59(44-102-64(86)22-2)41-99-49-79(51-105-67(89)25-5,52-106-68(90)26-6)55-109-71(93)81-61-35-75(11,12)48-78(16,37-61)84-74(96)112-58(10)40-98-32-30-34-115(19,20)113-114(17,18)33-29-31-97-39-57(9)111-72(94)82-62-36-76(13,14)47-77(15,38-62)83-73(95)110-56-80(53-107-69(91)27-7,54-108-70(92)28-8)50-100-42-60(45-103-65(87)23-3)46-104-66(88)24-4/h21-28,57-62H,1-8,29-56H2,9-20H3,(H,81,93)(H,82,94)(H,83,95)(H,84,96). The van der Waals surface area contributed by atoms with Gasteiger partial charge in [0.25, 0.3) is 0 Å². The number of nitrogens with one attached hydrogen (secondary N) is 4. The topological polar surface area (TPSA) is 410 Å². The Morgan fingerprint density at radius 2 is 0.652 bits per heavy atom. The average Bonchev–Trinajstić information content (AvgIpc) is 0.799. The first-order valence-corrected chi connectivity index (χ1v) is 44.3. The van der Waals surface area contributed by atoms with Crippen molar-refractivity contribution in [3.63, 3.8) is 0 Å². The Morgan fingerprint density at radius 1 is 0.365 bits per heavy atom. The van der Waals surface area contributed by atoms with Gasteiger partial charge in [-0.3, -0.25) is 0 Å². The molecular weight excluding hydrogens is 1540 g/mol. The van der Waals surface area contributed by atoms with E-state index in [0.29, 0.717) is 38.9 Å². The lowest BCUT2D eigenvalue weighted by Gasteiger charge is -2.46. The fourth-order valence-corrected chi connectivity index (χ4v) is 22.4. The molecule has 6 unspecified atom stereocenters. The van der Waals surface area contributed by atoms with Crippen LogP contribution in [-0.2, 0) is 118 Å². The van der Waals surface area contributed by atoms with Gasteiger partial charge in [0, 0.05) is 85.0 Å². The number of hydrogen-bond donors (Lipinski definition) is 4. The second-order valence-electron chi connectivity index (χ2n) is 32.5. The zero-order chi connectivity index (χ0) is 86.7. The van der Waals surface area contributed by atoms with Crippen LogP contribution in [0, 0.1) is 33.5 Å². The first-order chi connectivity index (χ1) is 53.8. The molecule has 0 spiro atoms. The Labute approximate surface area is 678 Å². The van der Waals surface area contributed by atoms with Crippen molar-refractivity contribution < 1.29 is 137 Å². The van der Waals surface area contributed by atoms with E-state index in [-0.39, 0.29) is 78.9 Å². The van der Waals surface area contributed by atoms with Crippen LogP contribution < -0.4 is 21.3 Å². The summed E-state index contributed by atoms with van der Waals surface area (Å²) in [6.45, 7) is 47.0. The molecule has 35 heteroatoms. The molecule has 0 bridgehead atoms. The highest BCUT2D eigenvalue weighted by Crippen LogP contribution is 2.43. The van der Waals surface area contributed by atoms with Gasteiger partial charge in [-0.05, 0) is 128 Å². The molecule has 0 aromatic heterocycles. The summed E-state index contributed by atoms with van der Waals surface area (Å²) in [5.41, 5.74) is -5.64. The van der Waals surface area contributed by atoms with Crippen molar-refractivity contribution in [3.05, 3.63) is 101 Å². The van der Waals surface area contributed by atoms with Gasteiger partial charge in [0.1, 0.15) is 51.8 Å². The molecule has 648 valence electrons. The Kier molecular flexibility index (Phi) is 44.8. The average molecular weight is 1660 g/mol. The van der Waals surface area contributed by atoms with E-state index in [2.05, 4.69) is 100 Å². The minimum absolute atomic E-state index is 0.138. The van der Waals surface area contributed by atoms with Gasteiger partial charge in [-0.1, -0.05) is 80.3 Å². The number of carbonyl (C=O) groups is 12.